The van der Waals surface area contributed by atoms with Crippen molar-refractivity contribution in [2.24, 2.45) is 7.05 Å². The van der Waals surface area contributed by atoms with Gasteiger partial charge in [-0.2, -0.15) is 0 Å². The number of aryl methyl sites for hydroxylation is 3. The minimum Gasteiger partial charge on any atom is -0.441 e. The van der Waals surface area contributed by atoms with E-state index in [9.17, 15) is 4.57 Å². The first-order valence-corrected chi connectivity index (χ1v) is 13.9. The third-order valence-corrected chi connectivity index (χ3v) is 8.27. The number of benzene rings is 2. The van der Waals surface area contributed by atoms with Gasteiger partial charge in [-0.05, 0) is 59.9 Å². The molecule has 0 atom stereocenters. The van der Waals surface area contributed by atoms with E-state index in [2.05, 4.69) is 42.2 Å². The molecule has 0 aliphatic rings. The highest BCUT2D eigenvalue weighted by atomic mass is 32.7. The van der Waals surface area contributed by atoms with Gasteiger partial charge in [-0.15, -0.1) is 0 Å². The summed E-state index contributed by atoms with van der Waals surface area (Å²) in [7, 11) is 2.03. The molecule has 8 nitrogen and oxygen atoms in total. The summed E-state index contributed by atoms with van der Waals surface area (Å²) in [6.07, 6.45) is 4.80. The quantitative estimate of drug-likeness (QED) is 0.227. The number of oxazole rings is 1. The number of hydrogen-bond acceptors (Lipinski definition) is 6. The van der Waals surface area contributed by atoms with E-state index in [0.717, 1.165) is 38.5 Å². The molecular formula is C23H25N4O4PS. The normalized spacial score (nSPS) is 12.6. The van der Waals surface area contributed by atoms with Gasteiger partial charge in [-0.25, -0.2) is 14.5 Å². The van der Waals surface area contributed by atoms with Gasteiger partial charge in [0, 0.05) is 60.9 Å². The predicted octanol–water partition coefficient (Wildman–Crippen LogP) is 4.60. The molecule has 172 valence electrons. The Labute approximate surface area is 194 Å². The Morgan fingerprint density at radius 3 is 2.67 bits per heavy atom. The Balaban J connectivity index is 1.51. The smallest absolute Gasteiger partial charge is 0.384 e. The maximum absolute atomic E-state index is 10.9. The number of nitrogens with one attached hydrogen (secondary N) is 1. The summed E-state index contributed by atoms with van der Waals surface area (Å²) in [6.45, 7) is 1.36. The molecule has 0 bridgehead atoms. The minimum atomic E-state index is -4.02. The Bertz CT molecular complexity index is 1570. The lowest BCUT2D eigenvalue weighted by molar-refractivity contribution is 0.397. The van der Waals surface area contributed by atoms with Gasteiger partial charge in [0.05, 0.1) is 11.0 Å². The summed E-state index contributed by atoms with van der Waals surface area (Å²) in [5.74, 6) is 0.970. The first-order valence-electron chi connectivity index (χ1n) is 10.7. The highest BCUT2D eigenvalue weighted by Gasteiger charge is 2.19. The largest absolute Gasteiger partial charge is 0.441 e. The minimum absolute atomic E-state index is 0.341. The van der Waals surface area contributed by atoms with Crippen molar-refractivity contribution in [3.05, 3.63) is 47.6 Å². The summed E-state index contributed by atoms with van der Waals surface area (Å²) < 4.78 is 19.0. The van der Waals surface area contributed by atoms with Crippen LogP contribution >= 0.6 is 18.2 Å². The zero-order valence-corrected chi connectivity index (χ0v) is 20.3. The van der Waals surface area contributed by atoms with E-state index < -0.39 is 6.80 Å². The number of rotatable bonds is 7. The van der Waals surface area contributed by atoms with Crippen LogP contribution in [0.15, 0.2) is 35.0 Å². The summed E-state index contributed by atoms with van der Waals surface area (Å²) >= 11 is 0.648. The van der Waals surface area contributed by atoms with E-state index in [1.54, 1.807) is 0 Å². The molecule has 3 N–H and O–H groups in total. The molecule has 0 aliphatic carbocycles. The van der Waals surface area contributed by atoms with Crippen LogP contribution in [0.4, 0.5) is 0 Å². The fourth-order valence-corrected chi connectivity index (χ4v) is 5.91. The van der Waals surface area contributed by atoms with Crippen LogP contribution in [0.25, 0.3) is 43.7 Å². The molecule has 0 unspecified atom stereocenters. The Morgan fingerprint density at radius 2 is 1.88 bits per heavy atom. The van der Waals surface area contributed by atoms with Crippen LogP contribution < -0.4 is 5.32 Å². The molecule has 3 aromatic heterocycles. The zero-order chi connectivity index (χ0) is 23.3. The van der Waals surface area contributed by atoms with Gasteiger partial charge in [0.1, 0.15) is 5.52 Å². The molecule has 2 aromatic carbocycles. The Morgan fingerprint density at radius 1 is 1.06 bits per heavy atom. The molecule has 3 heterocycles. The van der Waals surface area contributed by atoms with Crippen molar-refractivity contribution in [3.63, 3.8) is 0 Å². The van der Waals surface area contributed by atoms with Gasteiger partial charge >= 0.3 is 6.80 Å². The first kappa shape index (κ1) is 22.4. The SMILES string of the molecule is Cc1c2ccn(C)cc2c(C)c2c1nc1ccc3oc(CCNCCSP(=O)(O)O)nc3c12. The second-order valence-corrected chi connectivity index (χ2v) is 12.1. The molecule has 0 saturated carbocycles. The van der Waals surface area contributed by atoms with Crippen molar-refractivity contribution in [2.45, 2.75) is 20.3 Å². The summed E-state index contributed by atoms with van der Waals surface area (Å²) in [5, 5.41) is 7.74. The van der Waals surface area contributed by atoms with Crippen molar-refractivity contribution < 1.29 is 18.8 Å². The molecule has 0 radical (unpaired) electrons. The highest BCUT2D eigenvalue weighted by molar-refractivity contribution is 8.54. The average Bonchev–Trinajstić information content (AvgIpc) is 3.34. The van der Waals surface area contributed by atoms with E-state index in [1.165, 1.54) is 16.3 Å². The van der Waals surface area contributed by atoms with Gasteiger partial charge in [0.25, 0.3) is 0 Å². The van der Waals surface area contributed by atoms with Crippen molar-refractivity contribution in [2.75, 3.05) is 18.8 Å². The summed E-state index contributed by atoms with van der Waals surface area (Å²) in [5.41, 5.74) is 5.83. The maximum Gasteiger partial charge on any atom is 0.384 e. The number of pyridine rings is 1. The number of fused-ring (bicyclic) bond motifs is 6. The number of hydrogen-bond donors (Lipinski definition) is 3. The second-order valence-electron chi connectivity index (χ2n) is 8.26. The third kappa shape index (κ3) is 4.16. The molecule has 5 rings (SSSR count). The number of aromatic nitrogens is 3. The van der Waals surface area contributed by atoms with E-state index in [0.29, 0.717) is 42.5 Å². The topological polar surface area (TPSA) is 113 Å². The number of nitrogens with zero attached hydrogens (tertiary/aromatic N) is 3. The molecule has 0 fully saturated rings. The molecule has 0 amide bonds. The predicted molar refractivity (Wildman–Crippen MR) is 134 cm³/mol. The average molecular weight is 485 g/mol. The molecule has 10 heteroatoms. The van der Waals surface area contributed by atoms with Gasteiger partial charge in [0.15, 0.2) is 11.5 Å². The third-order valence-electron chi connectivity index (χ3n) is 5.99. The fraction of sp³-hybridized carbons (Fsp3) is 0.304. The van der Waals surface area contributed by atoms with E-state index in [1.807, 2.05) is 19.2 Å². The van der Waals surface area contributed by atoms with Crippen LogP contribution in [0.5, 0.6) is 0 Å². The molecule has 33 heavy (non-hydrogen) atoms. The molecular weight excluding hydrogens is 459 g/mol. The van der Waals surface area contributed by atoms with E-state index in [4.69, 9.17) is 24.2 Å². The van der Waals surface area contributed by atoms with Crippen LogP contribution in [0.1, 0.15) is 17.0 Å². The van der Waals surface area contributed by atoms with Crippen LogP contribution in [-0.2, 0) is 18.0 Å². The first-order chi connectivity index (χ1) is 15.7. The van der Waals surface area contributed by atoms with Crippen LogP contribution in [0.3, 0.4) is 0 Å². The highest BCUT2D eigenvalue weighted by Crippen LogP contribution is 2.49. The summed E-state index contributed by atoms with van der Waals surface area (Å²) in [6, 6.07) is 6.06. The lowest BCUT2D eigenvalue weighted by atomic mass is 9.96. The fourth-order valence-electron chi connectivity index (χ4n) is 4.45. The van der Waals surface area contributed by atoms with E-state index >= 15 is 0 Å². The van der Waals surface area contributed by atoms with E-state index in [-0.39, 0.29) is 0 Å². The monoisotopic (exact) mass is 484 g/mol. The molecule has 5 aromatic rings. The second kappa shape index (κ2) is 8.42. The zero-order valence-electron chi connectivity index (χ0n) is 18.6. The van der Waals surface area contributed by atoms with Crippen LogP contribution in [0.2, 0.25) is 0 Å². The lowest BCUT2D eigenvalue weighted by Crippen LogP contribution is -2.20. The maximum atomic E-state index is 10.9. The summed E-state index contributed by atoms with van der Waals surface area (Å²) in [4.78, 5) is 27.6. The van der Waals surface area contributed by atoms with Gasteiger partial charge in [-0.3, -0.25) is 0 Å². The van der Waals surface area contributed by atoms with Crippen molar-refractivity contribution >= 4 is 61.9 Å². The van der Waals surface area contributed by atoms with Crippen LogP contribution in [0, 0.1) is 13.8 Å². The van der Waals surface area contributed by atoms with Crippen LogP contribution in [-0.4, -0.2) is 43.2 Å². The molecule has 0 saturated heterocycles. The lowest BCUT2D eigenvalue weighted by Gasteiger charge is -2.10. The van der Waals surface area contributed by atoms with Crippen molar-refractivity contribution in [1.29, 1.82) is 0 Å². The molecule has 0 spiro atoms. The van der Waals surface area contributed by atoms with Gasteiger partial charge < -0.3 is 24.1 Å². The standard InChI is InChI=1S/C23H25N4O4PS/c1-13-16-12-27(3)10-7-15(16)14(2)22-20(13)21-17(25-22)4-5-18-23(21)26-19(31-18)6-8-24-9-11-33-32(28,29)30/h4-5,7,10,12,24H,6,8-9,11H2,1-3H3,(H2,28,29,30). The van der Waals surface area contributed by atoms with Gasteiger partial charge in [-0.1, -0.05) is 0 Å². The molecule has 0 aliphatic heterocycles. The Hall–Kier alpha value is -2.42. The van der Waals surface area contributed by atoms with Gasteiger partial charge in [0.2, 0.25) is 0 Å². The van der Waals surface area contributed by atoms with Crippen molar-refractivity contribution in [3.8, 4) is 0 Å². The van der Waals surface area contributed by atoms with Crippen molar-refractivity contribution in [1.82, 2.24) is 19.9 Å². The Kier molecular flexibility index (Phi) is 5.71.